The average molecular weight is 360 g/mol. The van der Waals surface area contributed by atoms with Gasteiger partial charge in [0.05, 0.1) is 22.5 Å². The lowest BCUT2D eigenvalue weighted by Gasteiger charge is -2.19. The number of hydrogen-bond donors (Lipinski definition) is 2. The zero-order valence-corrected chi connectivity index (χ0v) is 16.0. The Bertz CT molecular complexity index is 771. The van der Waals surface area contributed by atoms with Crippen molar-refractivity contribution >= 4 is 28.9 Å². The van der Waals surface area contributed by atoms with Crippen molar-refractivity contribution < 1.29 is 14.7 Å². The van der Waals surface area contributed by atoms with Gasteiger partial charge in [0.25, 0.3) is 0 Å². The molecule has 25 heavy (non-hydrogen) atoms. The van der Waals surface area contributed by atoms with Crippen LogP contribution in [0.25, 0.3) is 0 Å². The first-order valence-electron chi connectivity index (χ1n) is 8.09. The van der Waals surface area contributed by atoms with Crippen LogP contribution in [0.5, 0.6) is 0 Å². The molecule has 2 N–H and O–H groups in total. The molecule has 2 rings (SSSR count). The Morgan fingerprint density at radius 2 is 1.72 bits per heavy atom. The second-order valence-corrected chi connectivity index (χ2v) is 8.48. The van der Waals surface area contributed by atoms with Crippen LogP contribution in [0.2, 0.25) is 0 Å². The van der Waals surface area contributed by atoms with E-state index in [9.17, 15) is 14.7 Å². The number of amides is 1. The summed E-state index contributed by atoms with van der Waals surface area (Å²) in [5.41, 5.74) is 1.10. The van der Waals surface area contributed by atoms with Crippen molar-refractivity contribution in [3.63, 3.8) is 0 Å². The summed E-state index contributed by atoms with van der Waals surface area (Å²) in [5, 5.41) is 15.0. The normalized spacial score (nSPS) is 12.0. The summed E-state index contributed by atoms with van der Waals surface area (Å²) >= 11 is 1.57. The standard InChI is InChI=1S/C19H24N2O3S/c1-18(2,3)16-21-14(11-25-16)10-15(22)20-13-8-6-12(7-9-13)19(4,5)17(23)24/h6-9,11H,10H2,1-5H3,(H,20,22)(H,23,24). The molecule has 0 aliphatic heterocycles. The number of hydrogen-bond acceptors (Lipinski definition) is 4. The number of carboxylic acid groups (broad SMARTS) is 1. The molecule has 0 fully saturated rings. The van der Waals surface area contributed by atoms with Crippen LogP contribution in [0.1, 0.15) is 50.9 Å². The summed E-state index contributed by atoms with van der Waals surface area (Å²) in [4.78, 5) is 28.0. The fraction of sp³-hybridized carbons (Fsp3) is 0.421. The third-order valence-electron chi connectivity index (χ3n) is 3.96. The van der Waals surface area contributed by atoms with E-state index < -0.39 is 11.4 Å². The fourth-order valence-corrected chi connectivity index (χ4v) is 3.10. The first-order valence-corrected chi connectivity index (χ1v) is 8.97. The Labute approximate surface area is 152 Å². The van der Waals surface area contributed by atoms with Gasteiger partial charge in [0.2, 0.25) is 5.91 Å². The Morgan fingerprint density at radius 3 is 2.20 bits per heavy atom. The second-order valence-electron chi connectivity index (χ2n) is 7.63. The van der Waals surface area contributed by atoms with Crippen LogP contribution in [0.4, 0.5) is 5.69 Å². The van der Waals surface area contributed by atoms with Gasteiger partial charge in [-0.25, -0.2) is 4.98 Å². The molecule has 1 amide bonds. The molecule has 0 spiro atoms. The predicted molar refractivity (Wildman–Crippen MR) is 100 cm³/mol. The van der Waals surface area contributed by atoms with E-state index in [1.807, 2.05) is 5.38 Å². The molecule has 0 atom stereocenters. The number of carbonyl (C=O) groups is 2. The largest absolute Gasteiger partial charge is 0.481 e. The summed E-state index contributed by atoms with van der Waals surface area (Å²) in [6.07, 6.45) is 0.217. The van der Waals surface area contributed by atoms with Gasteiger partial charge in [-0.15, -0.1) is 11.3 Å². The number of aromatic nitrogens is 1. The first-order chi connectivity index (χ1) is 11.5. The highest BCUT2D eigenvalue weighted by molar-refractivity contribution is 7.09. The number of nitrogens with one attached hydrogen (secondary N) is 1. The number of nitrogens with zero attached hydrogens (tertiary/aromatic N) is 1. The highest BCUT2D eigenvalue weighted by atomic mass is 32.1. The summed E-state index contributed by atoms with van der Waals surface area (Å²) in [6.45, 7) is 9.58. The van der Waals surface area contributed by atoms with Crippen LogP contribution in [0.3, 0.4) is 0 Å². The van der Waals surface area contributed by atoms with Gasteiger partial charge in [0.15, 0.2) is 0 Å². The number of aliphatic carboxylic acids is 1. The molecule has 0 radical (unpaired) electrons. The second kappa shape index (κ2) is 6.96. The lowest BCUT2D eigenvalue weighted by molar-refractivity contribution is -0.142. The van der Waals surface area contributed by atoms with Crippen LogP contribution in [-0.2, 0) is 26.8 Å². The molecule has 134 valence electrons. The molecule has 1 heterocycles. The van der Waals surface area contributed by atoms with Crippen LogP contribution in [-0.4, -0.2) is 22.0 Å². The van der Waals surface area contributed by atoms with Crippen molar-refractivity contribution in [3.05, 3.63) is 45.9 Å². The van der Waals surface area contributed by atoms with Crippen LogP contribution < -0.4 is 5.32 Å². The molecule has 0 unspecified atom stereocenters. The Morgan fingerprint density at radius 1 is 1.12 bits per heavy atom. The Kier molecular flexibility index (Phi) is 5.32. The number of benzene rings is 1. The van der Waals surface area contributed by atoms with Gasteiger partial charge in [-0.1, -0.05) is 32.9 Å². The van der Waals surface area contributed by atoms with Crippen molar-refractivity contribution in [2.75, 3.05) is 5.32 Å². The van der Waals surface area contributed by atoms with E-state index in [0.29, 0.717) is 11.3 Å². The number of carboxylic acids is 1. The third-order valence-corrected chi connectivity index (χ3v) is 5.28. The molecule has 0 aliphatic carbocycles. The minimum atomic E-state index is -0.966. The van der Waals surface area contributed by atoms with E-state index in [2.05, 4.69) is 31.1 Å². The van der Waals surface area contributed by atoms with E-state index in [1.54, 1.807) is 49.4 Å². The highest BCUT2D eigenvalue weighted by Crippen LogP contribution is 2.26. The van der Waals surface area contributed by atoms with E-state index >= 15 is 0 Å². The molecule has 6 heteroatoms. The van der Waals surface area contributed by atoms with Crippen LogP contribution in [0, 0.1) is 0 Å². The lowest BCUT2D eigenvalue weighted by atomic mass is 9.85. The maximum atomic E-state index is 12.2. The van der Waals surface area contributed by atoms with E-state index in [4.69, 9.17) is 0 Å². The highest BCUT2D eigenvalue weighted by Gasteiger charge is 2.29. The molecule has 5 nitrogen and oxygen atoms in total. The van der Waals surface area contributed by atoms with Crippen molar-refractivity contribution in [2.24, 2.45) is 0 Å². The van der Waals surface area contributed by atoms with Crippen molar-refractivity contribution in [2.45, 2.75) is 51.9 Å². The molecule has 0 saturated heterocycles. The van der Waals surface area contributed by atoms with Crippen LogP contribution >= 0.6 is 11.3 Å². The molecule has 2 aromatic rings. The molecule has 0 aliphatic rings. The van der Waals surface area contributed by atoms with E-state index in [1.165, 1.54) is 0 Å². The molecular weight excluding hydrogens is 336 g/mol. The van der Waals surface area contributed by atoms with Crippen molar-refractivity contribution in [1.29, 1.82) is 0 Å². The maximum absolute atomic E-state index is 12.2. The number of rotatable bonds is 5. The quantitative estimate of drug-likeness (QED) is 0.845. The van der Waals surface area contributed by atoms with Crippen molar-refractivity contribution in [1.82, 2.24) is 4.98 Å². The van der Waals surface area contributed by atoms with Gasteiger partial charge in [0.1, 0.15) is 0 Å². The fourth-order valence-electron chi connectivity index (χ4n) is 2.20. The van der Waals surface area contributed by atoms with Gasteiger partial charge in [0, 0.05) is 16.5 Å². The predicted octanol–water partition coefficient (Wildman–Crippen LogP) is 3.98. The van der Waals surface area contributed by atoms with Gasteiger partial charge in [-0.3, -0.25) is 9.59 Å². The maximum Gasteiger partial charge on any atom is 0.313 e. The zero-order chi connectivity index (χ0) is 18.8. The Balaban J connectivity index is 2.01. The number of carbonyl (C=O) groups excluding carboxylic acids is 1. The molecule has 0 saturated carbocycles. The summed E-state index contributed by atoms with van der Waals surface area (Å²) in [6, 6.07) is 6.90. The zero-order valence-electron chi connectivity index (χ0n) is 15.2. The third kappa shape index (κ3) is 4.66. The van der Waals surface area contributed by atoms with E-state index in [-0.39, 0.29) is 17.7 Å². The van der Waals surface area contributed by atoms with Gasteiger partial charge < -0.3 is 10.4 Å². The minimum absolute atomic E-state index is 0.0217. The monoisotopic (exact) mass is 360 g/mol. The topological polar surface area (TPSA) is 79.3 Å². The minimum Gasteiger partial charge on any atom is -0.481 e. The lowest BCUT2D eigenvalue weighted by Crippen LogP contribution is -2.28. The summed E-state index contributed by atoms with van der Waals surface area (Å²) < 4.78 is 0. The molecule has 1 aromatic carbocycles. The molecule has 0 bridgehead atoms. The van der Waals surface area contributed by atoms with Gasteiger partial charge in [-0.2, -0.15) is 0 Å². The van der Waals surface area contributed by atoms with Gasteiger partial charge in [-0.05, 0) is 31.5 Å². The Hall–Kier alpha value is -2.21. The van der Waals surface area contributed by atoms with Crippen LogP contribution in [0.15, 0.2) is 29.6 Å². The SMILES string of the molecule is CC(C)(C)c1nc(CC(=O)Nc2ccc(C(C)(C)C(=O)O)cc2)cs1. The van der Waals surface area contributed by atoms with Crippen molar-refractivity contribution in [3.8, 4) is 0 Å². The van der Waals surface area contributed by atoms with E-state index in [0.717, 1.165) is 10.7 Å². The summed E-state index contributed by atoms with van der Waals surface area (Å²) in [5.74, 6) is -1.03. The number of anilines is 1. The summed E-state index contributed by atoms with van der Waals surface area (Å²) in [7, 11) is 0. The number of thiazole rings is 1. The molecule has 1 aromatic heterocycles. The average Bonchev–Trinajstić information content (AvgIpc) is 2.96. The first kappa shape index (κ1) is 19.1. The molecular formula is C19H24N2O3S. The van der Waals surface area contributed by atoms with Gasteiger partial charge >= 0.3 is 5.97 Å². The smallest absolute Gasteiger partial charge is 0.313 e.